The molecule has 15 heteroatoms. The Morgan fingerprint density at radius 1 is 0.741 bits per heavy atom. The SMILES string of the molecule is COC(=O)[C@H]1O[C@H](Oc2ccc3c(c2)[C@@H](NC(C)=O)CCc2cc(OC)c(OC)c(OC)c2-3)[C@H](OC(=O)C(C)C)[C@@H](OC(=O)C(C)C)[C@H]1OC(=O)C(C)C. The van der Waals surface area contributed by atoms with Gasteiger partial charge in [0.1, 0.15) is 5.75 Å². The van der Waals surface area contributed by atoms with E-state index in [-0.39, 0.29) is 11.7 Å². The number of hydrogen-bond donors (Lipinski definition) is 1. The van der Waals surface area contributed by atoms with Crippen LogP contribution in [0.15, 0.2) is 24.3 Å². The number of benzene rings is 2. The van der Waals surface area contributed by atoms with Gasteiger partial charge in [-0.1, -0.05) is 47.6 Å². The van der Waals surface area contributed by atoms with Crippen LogP contribution in [0.3, 0.4) is 0 Å². The molecule has 2 aromatic carbocycles. The highest BCUT2D eigenvalue weighted by molar-refractivity contribution is 5.84. The summed E-state index contributed by atoms with van der Waals surface area (Å²) in [5.41, 5.74) is 2.97. The summed E-state index contributed by atoms with van der Waals surface area (Å²) < 4.78 is 52.2. The Morgan fingerprint density at radius 2 is 1.31 bits per heavy atom. The van der Waals surface area contributed by atoms with E-state index in [0.717, 1.165) is 18.2 Å². The lowest BCUT2D eigenvalue weighted by Gasteiger charge is -2.43. The molecule has 2 aromatic rings. The molecule has 0 spiro atoms. The Kier molecular flexibility index (Phi) is 13.8. The zero-order valence-corrected chi connectivity index (χ0v) is 32.6. The molecule has 296 valence electrons. The molecule has 6 atom stereocenters. The van der Waals surface area contributed by atoms with Crippen molar-refractivity contribution in [3.05, 3.63) is 35.4 Å². The Balaban J connectivity index is 1.90. The summed E-state index contributed by atoms with van der Waals surface area (Å²) in [5.74, 6) is -3.82. The van der Waals surface area contributed by atoms with Gasteiger partial charge in [-0.05, 0) is 47.7 Å². The second kappa shape index (κ2) is 17.9. The highest BCUT2D eigenvalue weighted by atomic mass is 16.7. The van der Waals surface area contributed by atoms with Gasteiger partial charge >= 0.3 is 23.9 Å². The molecule has 2 aliphatic rings. The summed E-state index contributed by atoms with van der Waals surface area (Å²) >= 11 is 0. The van der Waals surface area contributed by atoms with E-state index in [2.05, 4.69) is 5.32 Å². The lowest BCUT2D eigenvalue weighted by Crippen LogP contribution is -2.65. The molecule has 0 aromatic heterocycles. The van der Waals surface area contributed by atoms with Crippen molar-refractivity contribution in [2.24, 2.45) is 17.8 Å². The maximum Gasteiger partial charge on any atom is 0.339 e. The van der Waals surface area contributed by atoms with Crippen molar-refractivity contribution in [3.63, 3.8) is 0 Å². The molecule has 0 unspecified atom stereocenters. The lowest BCUT2D eigenvalue weighted by molar-refractivity contribution is -0.285. The van der Waals surface area contributed by atoms with Crippen LogP contribution in [-0.2, 0) is 54.1 Å². The monoisotopic (exact) mass is 757 g/mol. The smallest absolute Gasteiger partial charge is 0.339 e. The molecule has 1 N–H and O–H groups in total. The van der Waals surface area contributed by atoms with Crippen LogP contribution in [0, 0.1) is 17.8 Å². The van der Waals surface area contributed by atoms with Gasteiger partial charge < -0.3 is 47.9 Å². The zero-order valence-electron chi connectivity index (χ0n) is 32.6. The molecular formula is C39H51NO14. The first-order valence-corrected chi connectivity index (χ1v) is 17.8. The Hall–Kier alpha value is -5.05. The number of amides is 1. The van der Waals surface area contributed by atoms with Crippen molar-refractivity contribution >= 4 is 29.8 Å². The van der Waals surface area contributed by atoms with E-state index >= 15 is 0 Å². The molecule has 4 rings (SSSR count). The summed E-state index contributed by atoms with van der Waals surface area (Å²) in [5, 5.41) is 3.02. The molecule has 1 saturated heterocycles. The molecule has 0 radical (unpaired) electrons. The number of nitrogens with one attached hydrogen (secondary N) is 1. The van der Waals surface area contributed by atoms with Gasteiger partial charge in [0.2, 0.25) is 24.1 Å². The van der Waals surface area contributed by atoms with Crippen molar-refractivity contribution in [3.8, 4) is 34.1 Å². The molecule has 1 aliphatic heterocycles. The van der Waals surface area contributed by atoms with Gasteiger partial charge in [-0.2, -0.15) is 0 Å². The van der Waals surface area contributed by atoms with Crippen LogP contribution in [0.1, 0.15) is 72.1 Å². The number of esters is 4. The summed E-state index contributed by atoms with van der Waals surface area (Å²) in [6, 6.07) is 6.47. The van der Waals surface area contributed by atoms with Crippen LogP contribution in [0.25, 0.3) is 11.1 Å². The third-order valence-corrected chi connectivity index (χ3v) is 9.01. The topological polar surface area (TPSA) is 180 Å². The van der Waals surface area contributed by atoms with Crippen LogP contribution < -0.4 is 24.3 Å². The van der Waals surface area contributed by atoms with Crippen LogP contribution in [0.5, 0.6) is 23.0 Å². The van der Waals surface area contributed by atoms with Crippen molar-refractivity contribution in [1.29, 1.82) is 0 Å². The van der Waals surface area contributed by atoms with E-state index in [1.165, 1.54) is 28.3 Å². The predicted molar refractivity (Wildman–Crippen MR) is 192 cm³/mol. The van der Waals surface area contributed by atoms with E-state index < -0.39 is 78.4 Å². The number of rotatable bonds is 13. The van der Waals surface area contributed by atoms with Crippen molar-refractivity contribution in [2.75, 3.05) is 28.4 Å². The summed E-state index contributed by atoms with van der Waals surface area (Å²) in [6.45, 7) is 11.0. The van der Waals surface area contributed by atoms with E-state index in [4.69, 9.17) is 42.6 Å². The van der Waals surface area contributed by atoms with Crippen molar-refractivity contribution in [2.45, 2.75) is 98.1 Å². The maximum atomic E-state index is 13.3. The average molecular weight is 758 g/mol. The molecule has 1 fully saturated rings. The van der Waals surface area contributed by atoms with E-state index in [9.17, 15) is 24.0 Å². The van der Waals surface area contributed by atoms with Crippen molar-refractivity contribution < 1.29 is 66.6 Å². The number of carbonyl (C=O) groups excluding carboxylic acids is 5. The standard InChI is InChI=1S/C39H51NO14/c1-18(2)35(42)51-31-32(52-36(43)19(3)4)34(53-37(44)20(5)6)39(54-33(31)38(45)49-11)50-23-13-14-24-25(17-23)26(40-21(7)41)15-12-22-16-27(46-8)29(47-9)30(48-10)28(22)24/h13-14,16-20,26,31-34,39H,12,15H2,1-11H3,(H,40,41)/t26-,31+,32-,33-,34+,39-/m0/s1. The van der Waals surface area contributed by atoms with Crippen LogP contribution in [0.4, 0.5) is 0 Å². The summed E-state index contributed by atoms with van der Waals surface area (Å²) in [4.78, 5) is 65.0. The first-order chi connectivity index (χ1) is 25.6. The van der Waals surface area contributed by atoms with Crippen LogP contribution in [-0.4, -0.2) is 88.9 Å². The Bertz CT molecular complexity index is 1720. The highest BCUT2D eigenvalue weighted by Crippen LogP contribution is 2.51. The minimum Gasteiger partial charge on any atom is -0.493 e. The van der Waals surface area contributed by atoms with E-state index in [1.54, 1.807) is 59.7 Å². The number of methoxy groups -OCH3 is 4. The summed E-state index contributed by atoms with van der Waals surface area (Å²) in [6.07, 6.45) is -6.90. The molecule has 54 heavy (non-hydrogen) atoms. The molecular weight excluding hydrogens is 706 g/mol. The van der Waals surface area contributed by atoms with Gasteiger partial charge in [-0.25, -0.2) is 4.79 Å². The van der Waals surface area contributed by atoms with Gasteiger partial charge in [0.25, 0.3) is 0 Å². The fourth-order valence-corrected chi connectivity index (χ4v) is 6.22. The molecule has 1 heterocycles. The number of ether oxygens (including phenoxy) is 9. The van der Waals surface area contributed by atoms with Crippen LogP contribution >= 0.6 is 0 Å². The molecule has 0 saturated carbocycles. The van der Waals surface area contributed by atoms with Gasteiger partial charge in [-0.3, -0.25) is 19.2 Å². The molecule has 1 aliphatic carbocycles. The largest absolute Gasteiger partial charge is 0.493 e. The number of aryl methyl sites for hydroxylation is 1. The third kappa shape index (κ3) is 9.00. The van der Waals surface area contributed by atoms with Gasteiger partial charge in [0.15, 0.2) is 29.8 Å². The first kappa shape index (κ1) is 41.7. The zero-order chi connectivity index (χ0) is 40.0. The van der Waals surface area contributed by atoms with Gasteiger partial charge in [0.05, 0.1) is 52.2 Å². The minimum atomic E-state index is -1.66. The minimum absolute atomic E-state index is 0.178. The van der Waals surface area contributed by atoms with Crippen LogP contribution in [0.2, 0.25) is 0 Å². The Labute approximate surface area is 315 Å². The molecule has 1 amide bonds. The van der Waals surface area contributed by atoms with E-state index in [0.29, 0.717) is 41.2 Å². The highest BCUT2D eigenvalue weighted by Gasteiger charge is 2.56. The quantitative estimate of drug-likeness (QED) is 0.223. The number of fused-ring (bicyclic) bond motifs is 3. The third-order valence-electron chi connectivity index (χ3n) is 9.01. The lowest BCUT2D eigenvalue weighted by atomic mass is 9.93. The second-order valence-electron chi connectivity index (χ2n) is 14.0. The number of hydrogen-bond acceptors (Lipinski definition) is 14. The maximum absolute atomic E-state index is 13.3. The number of carbonyl (C=O) groups is 5. The molecule has 15 nitrogen and oxygen atoms in total. The predicted octanol–water partition coefficient (Wildman–Crippen LogP) is 4.48. The van der Waals surface area contributed by atoms with Gasteiger partial charge in [0, 0.05) is 12.5 Å². The Morgan fingerprint density at radius 3 is 1.83 bits per heavy atom. The van der Waals surface area contributed by atoms with Crippen molar-refractivity contribution in [1.82, 2.24) is 5.32 Å². The second-order valence-corrected chi connectivity index (χ2v) is 14.0. The first-order valence-electron chi connectivity index (χ1n) is 17.8. The normalized spacial score (nSPS) is 21.9. The molecule has 0 bridgehead atoms. The summed E-state index contributed by atoms with van der Waals surface area (Å²) in [7, 11) is 5.69. The van der Waals surface area contributed by atoms with E-state index in [1.807, 2.05) is 6.07 Å². The van der Waals surface area contributed by atoms with Gasteiger partial charge in [-0.15, -0.1) is 0 Å². The fraction of sp³-hybridized carbons (Fsp3) is 0.564. The fourth-order valence-electron chi connectivity index (χ4n) is 6.22. The average Bonchev–Trinajstić information content (AvgIpc) is 3.27.